The first kappa shape index (κ1) is 19.0. The molecule has 1 amide bonds. The fourth-order valence-corrected chi connectivity index (χ4v) is 3.02. The predicted molar refractivity (Wildman–Crippen MR) is 97.2 cm³/mol. The molecular weight excluding hydrogens is 341 g/mol. The van der Waals surface area contributed by atoms with Gasteiger partial charge in [-0.2, -0.15) is 0 Å². The molecule has 4 nitrogen and oxygen atoms in total. The van der Waals surface area contributed by atoms with Crippen LogP contribution in [-0.4, -0.2) is 24.2 Å². The summed E-state index contributed by atoms with van der Waals surface area (Å²) >= 11 is 1.43. The number of nitrogens with one attached hydrogen (secondary N) is 1. The van der Waals surface area contributed by atoms with Gasteiger partial charge in [-0.3, -0.25) is 9.59 Å². The zero-order valence-electron chi connectivity index (χ0n) is 14.2. The largest absolute Gasteiger partial charge is 0.456 e. The summed E-state index contributed by atoms with van der Waals surface area (Å²) < 4.78 is 17.8. The Labute approximate surface area is 150 Å². The number of rotatable bonds is 7. The average Bonchev–Trinajstić information content (AvgIpc) is 2.58. The molecule has 0 aromatic heterocycles. The monoisotopic (exact) mass is 361 g/mol. The zero-order chi connectivity index (χ0) is 18.2. The molecule has 0 unspecified atom stereocenters. The second-order valence-corrected chi connectivity index (χ2v) is 6.70. The minimum absolute atomic E-state index is 0.179. The number of aryl methyl sites for hydroxylation is 2. The number of amides is 1. The van der Waals surface area contributed by atoms with Crippen LogP contribution in [0.25, 0.3) is 0 Å². The number of carbonyl (C=O) groups excluding carboxylic acids is 2. The number of anilines is 1. The normalized spacial score (nSPS) is 10.4. The van der Waals surface area contributed by atoms with Crippen molar-refractivity contribution in [2.45, 2.75) is 25.2 Å². The number of para-hydroxylation sites is 1. The average molecular weight is 361 g/mol. The molecule has 0 heterocycles. The van der Waals surface area contributed by atoms with Crippen LogP contribution < -0.4 is 5.32 Å². The quantitative estimate of drug-likeness (QED) is 0.596. The Hall–Kier alpha value is -2.34. The van der Waals surface area contributed by atoms with Crippen LogP contribution in [-0.2, 0) is 14.3 Å². The lowest BCUT2D eigenvalue weighted by atomic mass is 10.1. The van der Waals surface area contributed by atoms with Crippen LogP contribution in [0, 0.1) is 19.7 Å². The van der Waals surface area contributed by atoms with Crippen molar-refractivity contribution in [1.29, 1.82) is 0 Å². The molecule has 0 aliphatic rings. The van der Waals surface area contributed by atoms with Crippen molar-refractivity contribution >= 4 is 29.3 Å². The van der Waals surface area contributed by atoms with E-state index in [9.17, 15) is 14.0 Å². The molecule has 2 aromatic carbocycles. The molecule has 132 valence electrons. The number of esters is 1. The van der Waals surface area contributed by atoms with Gasteiger partial charge in [-0.05, 0) is 49.2 Å². The maximum absolute atomic E-state index is 12.8. The lowest BCUT2D eigenvalue weighted by Gasteiger charge is -2.11. The van der Waals surface area contributed by atoms with Crippen molar-refractivity contribution in [3.8, 4) is 0 Å². The molecule has 25 heavy (non-hydrogen) atoms. The highest BCUT2D eigenvalue weighted by atomic mass is 32.2. The van der Waals surface area contributed by atoms with Crippen LogP contribution in [0.5, 0.6) is 0 Å². The molecule has 1 N–H and O–H groups in total. The van der Waals surface area contributed by atoms with Crippen molar-refractivity contribution in [3.63, 3.8) is 0 Å². The Morgan fingerprint density at radius 3 is 2.36 bits per heavy atom. The first-order chi connectivity index (χ1) is 12.0. The van der Waals surface area contributed by atoms with Crippen LogP contribution in [0.15, 0.2) is 47.4 Å². The number of benzene rings is 2. The summed E-state index contributed by atoms with van der Waals surface area (Å²) in [7, 11) is 0. The van der Waals surface area contributed by atoms with Gasteiger partial charge in [0.1, 0.15) is 5.82 Å². The smallest absolute Gasteiger partial charge is 0.307 e. The SMILES string of the molecule is Cc1cccc(C)c1NC(=O)COC(=O)CCSc1ccc(F)cc1. The van der Waals surface area contributed by atoms with Crippen molar-refractivity contribution in [2.24, 2.45) is 0 Å². The highest BCUT2D eigenvalue weighted by Gasteiger charge is 2.10. The van der Waals surface area contributed by atoms with Crippen LogP contribution in [0.1, 0.15) is 17.5 Å². The third kappa shape index (κ3) is 6.23. The first-order valence-corrected chi connectivity index (χ1v) is 8.84. The van der Waals surface area contributed by atoms with Gasteiger partial charge in [0.15, 0.2) is 6.61 Å². The predicted octanol–water partition coefficient (Wildman–Crippen LogP) is 4.11. The van der Waals surface area contributed by atoms with Crippen molar-refractivity contribution in [1.82, 2.24) is 0 Å². The highest BCUT2D eigenvalue weighted by Crippen LogP contribution is 2.20. The Morgan fingerprint density at radius 2 is 1.72 bits per heavy atom. The number of halogens is 1. The number of hydrogen-bond donors (Lipinski definition) is 1. The van der Waals surface area contributed by atoms with Crippen LogP contribution in [0.4, 0.5) is 10.1 Å². The molecule has 2 aromatic rings. The fraction of sp³-hybridized carbons (Fsp3) is 0.263. The summed E-state index contributed by atoms with van der Waals surface area (Å²) in [6.07, 6.45) is 0.179. The Morgan fingerprint density at radius 1 is 1.08 bits per heavy atom. The van der Waals surface area contributed by atoms with E-state index in [1.807, 2.05) is 32.0 Å². The Balaban J connectivity index is 1.70. The van der Waals surface area contributed by atoms with Crippen LogP contribution in [0.2, 0.25) is 0 Å². The summed E-state index contributed by atoms with van der Waals surface area (Å²) in [6, 6.07) is 11.8. The highest BCUT2D eigenvalue weighted by molar-refractivity contribution is 7.99. The number of thioether (sulfide) groups is 1. The van der Waals surface area contributed by atoms with E-state index in [4.69, 9.17) is 4.74 Å². The molecule has 0 bridgehead atoms. The van der Waals surface area contributed by atoms with Gasteiger partial charge in [0.05, 0.1) is 6.42 Å². The van der Waals surface area contributed by atoms with E-state index in [1.165, 1.54) is 23.9 Å². The summed E-state index contributed by atoms with van der Waals surface area (Å²) in [6.45, 7) is 3.50. The van der Waals surface area contributed by atoms with Crippen molar-refractivity contribution in [2.75, 3.05) is 17.7 Å². The minimum atomic E-state index is -0.439. The molecule has 0 saturated carbocycles. The van der Waals surface area contributed by atoms with Gasteiger partial charge in [0.25, 0.3) is 5.91 Å². The van der Waals surface area contributed by atoms with Gasteiger partial charge < -0.3 is 10.1 Å². The molecule has 0 radical (unpaired) electrons. The van der Waals surface area contributed by atoms with E-state index in [1.54, 1.807) is 12.1 Å². The fourth-order valence-electron chi connectivity index (χ4n) is 2.19. The molecule has 0 aliphatic carbocycles. The van der Waals surface area contributed by atoms with Crippen molar-refractivity contribution in [3.05, 3.63) is 59.4 Å². The van der Waals surface area contributed by atoms with E-state index in [0.29, 0.717) is 5.75 Å². The lowest BCUT2D eigenvalue weighted by Crippen LogP contribution is -2.22. The Kier molecular flexibility index (Phi) is 7.01. The van der Waals surface area contributed by atoms with E-state index in [2.05, 4.69) is 5.32 Å². The van der Waals surface area contributed by atoms with Crippen molar-refractivity contribution < 1.29 is 18.7 Å². The maximum atomic E-state index is 12.8. The Bertz CT molecular complexity index is 727. The molecular formula is C19H20FNO3S. The molecule has 0 fully saturated rings. The minimum Gasteiger partial charge on any atom is -0.456 e. The van der Waals surface area contributed by atoms with Gasteiger partial charge in [-0.25, -0.2) is 4.39 Å². The van der Waals surface area contributed by atoms with Crippen LogP contribution >= 0.6 is 11.8 Å². The second kappa shape index (κ2) is 9.22. The third-order valence-electron chi connectivity index (χ3n) is 3.50. The number of hydrogen-bond acceptors (Lipinski definition) is 4. The van der Waals surface area contributed by atoms with Crippen LogP contribution in [0.3, 0.4) is 0 Å². The number of carbonyl (C=O) groups is 2. The van der Waals surface area contributed by atoms with E-state index >= 15 is 0 Å². The molecule has 0 aliphatic heterocycles. The summed E-state index contributed by atoms with van der Waals surface area (Å²) in [5.41, 5.74) is 2.65. The van der Waals surface area contributed by atoms with E-state index in [0.717, 1.165) is 21.7 Å². The van der Waals surface area contributed by atoms with E-state index < -0.39 is 5.97 Å². The van der Waals surface area contributed by atoms with Gasteiger partial charge in [0.2, 0.25) is 0 Å². The van der Waals surface area contributed by atoms with Gasteiger partial charge in [-0.15, -0.1) is 11.8 Å². The van der Waals surface area contributed by atoms with Gasteiger partial charge in [-0.1, -0.05) is 18.2 Å². The van der Waals surface area contributed by atoms with Gasteiger partial charge in [0, 0.05) is 16.3 Å². The van der Waals surface area contributed by atoms with E-state index in [-0.39, 0.29) is 24.8 Å². The molecule has 6 heteroatoms. The maximum Gasteiger partial charge on any atom is 0.307 e. The second-order valence-electron chi connectivity index (χ2n) is 5.53. The summed E-state index contributed by atoms with van der Waals surface area (Å²) in [4.78, 5) is 24.5. The third-order valence-corrected chi connectivity index (χ3v) is 4.51. The molecule has 0 saturated heterocycles. The van der Waals surface area contributed by atoms with Gasteiger partial charge >= 0.3 is 5.97 Å². The zero-order valence-corrected chi connectivity index (χ0v) is 15.0. The summed E-state index contributed by atoms with van der Waals surface area (Å²) in [5.74, 6) is -0.593. The molecule has 2 rings (SSSR count). The first-order valence-electron chi connectivity index (χ1n) is 7.86. The standard InChI is InChI=1S/C19H20FNO3S/c1-13-4-3-5-14(2)19(13)21-17(22)12-24-18(23)10-11-25-16-8-6-15(20)7-9-16/h3-9H,10-12H2,1-2H3,(H,21,22). The molecule has 0 spiro atoms. The topological polar surface area (TPSA) is 55.4 Å². The lowest BCUT2D eigenvalue weighted by molar-refractivity contribution is -0.146. The summed E-state index contributed by atoms with van der Waals surface area (Å²) in [5, 5.41) is 2.76. The number of ether oxygens (including phenoxy) is 1. The molecule has 0 atom stereocenters.